The third-order valence-electron chi connectivity index (χ3n) is 5.57. The van der Waals surface area contributed by atoms with Crippen LogP contribution >= 0.6 is 0 Å². The summed E-state index contributed by atoms with van der Waals surface area (Å²) in [7, 11) is 0. The molecule has 0 saturated heterocycles. The summed E-state index contributed by atoms with van der Waals surface area (Å²) in [6.07, 6.45) is 11.9. The largest absolute Gasteiger partial charge is 0.381 e. The molecule has 0 bridgehead atoms. The third kappa shape index (κ3) is 6.29. The van der Waals surface area contributed by atoms with E-state index in [2.05, 4.69) is 30.4 Å². The van der Waals surface area contributed by atoms with Gasteiger partial charge in [0.25, 0.3) is 0 Å². The van der Waals surface area contributed by atoms with E-state index in [0.29, 0.717) is 0 Å². The van der Waals surface area contributed by atoms with Crippen LogP contribution in [0.1, 0.15) is 28.2 Å². The fourth-order valence-corrected chi connectivity index (χ4v) is 3.76. The van der Waals surface area contributed by atoms with Gasteiger partial charge in [0.1, 0.15) is 5.60 Å². The fraction of sp³-hybridized carbons (Fsp3) is 0.0625. The topological polar surface area (TPSA) is 20.2 Å². The Balaban J connectivity index is 1.78. The van der Waals surface area contributed by atoms with Gasteiger partial charge in [0.15, 0.2) is 0 Å². The molecule has 1 unspecified atom stereocenters. The van der Waals surface area contributed by atoms with Crippen LogP contribution in [0, 0.1) is 6.07 Å². The Morgan fingerprint density at radius 2 is 1.00 bits per heavy atom. The molecule has 0 fully saturated rings. The van der Waals surface area contributed by atoms with Gasteiger partial charge in [-0.3, -0.25) is 0 Å². The second-order valence-electron chi connectivity index (χ2n) is 7.96. The highest BCUT2D eigenvalue weighted by Crippen LogP contribution is 2.34. The van der Waals surface area contributed by atoms with E-state index in [-0.39, 0.29) is 5.92 Å². The lowest BCUT2D eigenvalue weighted by Crippen LogP contribution is -2.31. The van der Waals surface area contributed by atoms with E-state index in [1.54, 1.807) is 0 Å². The quantitative estimate of drug-likeness (QED) is 0.310. The third-order valence-corrected chi connectivity index (χ3v) is 5.57. The maximum atomic E-state index is 12.1. The highest BCUT2D eigenvalue weighted by molar-refractivity contribution is 5.59. The summed E-state index contributed by atoms with van der Waals surface area (Å²) in [5.74, 6) is -0.299. The molecule has 1 N–H and O–H groups in total. The van der Waals surface area contributed by atoms with Crippen molar-refractivity contribution in [1.82, 2.24) is 0 Å². The summed E-state index contributed by atoms with van der Waals surface area (Å²) in [6, 6.07) is 41.2. The Morgan fingerprint density at radius 3 is 1.45 bits per heavy atom. The van der Waals surface area contributed by atoms with Crippen molar-refractivity contribution in [3.63, 3.8) is 0 Å². The van der Waals surface area contributed by atoms with Crippen LogP contribution in [-0.2, 0) is 0 Å². The Morgan fingerprint density at radius 1 is 0.576 bits per heavy atom. The van der Waals surface area contributed by atoms with Gasteiger partial charge in [0.05, 0.1) is 0 Å². The standard InChI is InChI=1S/C32H27O/c33-32(25-23-28-15-7-2-8-16-28,26-24-29-17-9-3-10-18-29)31(30-19-11-4-12-20-30)22-21-27-13-5-1-6-14-27/h1-3,5-26,31,33H. The van der Waals surface area contributed by atoms with Gasteiger partial charge in [-0.2, -0.15) is 0 Å². The van der Waals surface area contributed by atoms with E-state index in [4.69, 9.17) is 0 Å². The fourth-order valence-electron chi connectivity index (χ4n) is 3.76. The zero-order valence-electron chi connectivity index (χ0n) is 18.5. The maximum absolute atomic E-state index is 12.1. The first-order valence-electron chi connectivity index (χ1n) is 11.1. The van der Waals surface area contributed by atoms with Crippen molar-refractivity contribution in [2.75, 3.05) is 0 Å². The maximum Gasteiger partial charge on any atom is 0.112 e. The van der Waals surface area contributed by atoms with Crippen molar-refractivity contribution < 1.29 is 5.11 Å². The minimum absolute atomic E-state index is 0.299. The average Bonchev–Trinajstić information content (AvgIpc) is 2.89. The van der Waals surface area contributed by atoms with Crippen molar-refractivity contribution in [1.29, 1.82) is 0 Å². The SMILES string of the molecule is OC(C=Cc1ccccc1)(C=Cc1ccccc1)C(C=Cc1ccccc1)c1cc[c]cc1. The van der Waals surface area contributed by atoms with Crippen molar-refractivity contribution in [3.05, 3.63) is 162 Å². The smallest absolute Gasteiger partial charge is 0.112 e. The predicted octanol–water partition coefficient (Wildman–Crippen LogP) is 7.44. The van der Waals surface area contributed by atoms with Gasteiger partial charge in [0.2, 0.25) is 0 Å². The van der Waals surface area contributed by atoms with Gasteiger partial charge < -0.3 is 5.11 Å². The molecule has 0 saturated carbocycles. The zero-order chi connectivity index (χ0) is 22.8. The first-order chi connectivity index (χ1) is 16.2. The molecule has 0 aromatic heterocycles. The summed E-state index contributed by atoms with van der Waals surface area (Å²) >= 11 is 0. The molecule has 0 aliphatic carbocycles. The molecule has 33 heavy (non-hydrogen) atoms. The number of hydrogen-bond acceptors (Lipinski definition) is 1. The van der Waals surface area contributed by atoms with Crippen LogP contribution in [0.2, 0.25) is 0 Å². The minimum Gasteiger partial charge on any atom is -0.381 e. The monoisotopic (exact) mass is 427 g/mol. The van der Waals surface area contributed by atoms with Crippen LogP contribution in [0.25, 0.3) is 18.2 Å². The number of rotatable bonds is 8. The van der Waals surface area contributed by atoms with Crippen LogP contribution < -0.4 is 0 Å². The second-order valence-corrected chi connectivity index (χ2v) is 7.96. The van der Waals surface area contributed by atoms with Crippen LogP contribution in [0.4, 0.5) is 0 Å². The molecule has 1 atom stereocenters. The molecule has 4 aromatic rings. The Kier molecular flexibility index (Phi) is 7.48. The highest BCUT2D eigenvalue weighted by atomic mass is 16.3. The van der Waals surface area contributed by atoms with Crippen LogP contribution in [0.15, 0.2) is 133 Å². The number of aliphatic hydroxyl groups is 1. The van der Waals surface area contributed by atoms with E-state index in [9.17, 15) is 5.11 Å². The highest BCUT2D eigenvalue weighted by Gasteiger charge is 2.31. The summed E-state index contributed by atoms with van der Waals surface area (Å²) in [5, 5.41) is 12.1. The molecule has 0 amide bonds. The Labute approximate surface area is 196 Å². The van der Waals surface area contributed by atoms with Gasteiger partial charge in [-0.25, -0.2) is 0 Å². The molecule has 1 heteroatoms. The molecule has 161 valence electrons. The van der Waals surface area contributed by atoms with E-state index in [0.717, 1.165) is 22.3 Å². The summed E-state index contributed by atoms with van der Waals surface area (Å²) in [4.78, 5) is 0. The lowest BCUT2D eigenvalue weighted by molar-refractivity contribution is 0.128. The molecule has 0 aliphatic rings. The van der Waals surface area contributed by atoms with Gasteiger partial charge in [-0.15, -0.1) is 0 Å². The molecular formula is C32H27O. The Hall–Kier alpha value is -3.94. The molecule has 1 radical (unpaired) electrons. The lowest BCUT2D eigenvalue weighted by atomic mass is 9.80. The van der Waals surface area contributed by atoms with Gasteiger partial charge in [-0.05, 0) is 40.5 Å². The van der Waals surface area contributed by atoms with Crippen molar-refractivity contribution >= 4 is 18.2 Å². The summed E-state index contributed by atoms with van der Waals surface area (Å²) < 4.78 is 0. The zero-order valence-corrected chi connectivity index (χ0v) is 18.5. The van der Waals surface area contributed by atoms with Crippen molar-refractivity contribution in [2.24, 2.45) is 0 Å². The molecule has 4 rings (SSSR count). The normalized spacial score (nSPS) is 14.6. The van der Waals surface area contributed by atoms with E-state index in [1.165, 1.54) is 0 Å². The van der Waals surface area contributed by atoms with Crippen LogP contribution in [0.5, 0.6) is 0 Å². The molecule has 4 aromatic carbocycles. The molecule has 0 spiro atoms. The van der Waals surface area contributed by atoms with Gasteiger partial charge >= 0.3 is 0 Å². The molecule has 0 heterocycles. The summed E-state index contributed by atoms with van der Waals surface area (Å²) in [6.45, 7) is 0. The van der Waals surface area contributed by atoms with Crippen molar-refractivity contribution in [3.8, 4) is 0 Å². The predicted molar refractivity (Wildman–Crippen MR) is 139 cm³/mol. The van der Waals surface area contributed by atoms with E-state index < -0.39 is 5.60 Å². The van der Waals surface area contributed by atoms with Gasteiger partial charge in [0, 0.05) is 5.92 Å². The molecule has 1 nitrogen and oxygen atoms in total. The summed E-state index contributed by atoms with van der Waals surface area (Å²) in [5.41, 5.74) is 2.93. The minimum atomic E-state index is -1.25. The molecular weight excluding hydrogens is 400 g/mol. The first kappa shape index (κ1) is 22.3. The van der Waals surface area contributed by atoms with E-state index in [1.807, 2.05) is 127 Å². The van der Waals surface area contributed by atoms with Crippen LogP contribution in [0.3, 0.4) is 0 Å². The number of benzene rings is 4. The van der Waals surface area contributed by atoms with Crippen molar-refractivity contribution in [2.45, 2.75) is 11.5 Å². The van der Waals surface area contributed by atoms with Gasteiger partial charge in [-0.1, -0.05) is 140 Å². The number of hydrogen-bond donors (Lipinski definition) is 1. The van der Waals surface area contributed by atoms with Crippen LogP contribution in [-0.4, -0.2) is 10.7 Å². The Bertz CT molecular complexity index is 1140. The first-order valence-corrected chi connectivity index (χ1v) is 11.1. The van der Waals surface area contributed by atoms with E-state index >= 15 is 0 Å². The average molecular weight is 428 g/mol. The second kappa shape index (κ2) is 11.1. The molecule has 0 aliphatic heterocycles. The lowest BCUT2D eigenvalue weighted by Gasteiger charge is -2.30.